The molecular formula is C29H27ClN2O4S. The van der Waals surface area contributed by atoms with Gasteiger partial charge in [-0.2, -0.15) is 0 Å². The van der Waals surface area contributed by atoms with Gasteiger partial charge >= 0.3 is 0 Å². The van der Waals surface area contributed by atoms with Crippen molar-refractivity contribution in [3.63, 3.8) is 0 Å². The highest BCUT2D eigenvalue weighted by Crippen LogP contribution is 2.37. The molecule has 37 heavy (non-hydrogen) atoms. The van der Waals surface area contributed by atoms with Crippen LogP contribution in [0.2, 0.25) is 5.02 Å². The molecule has 4 rings (SSSR count). The third-order valence-electron chi connectivity index (χ3n) is 5.78. The van der Waals surface area contributed by atoms with Gasteiger partial charge in [-0.1, -0.05) is 54.9 Å². The second kappa shape index (κ2) is 12.0. The van der Waals surface area contributed by atoms with Crippen LogP contribution in [0.25, 0.3) is 10.8 Å². The number of rotatable bonds is 9. The highest BCUT2D eigenvalue weighted by molar-refractivity contribution is 8.00. The SMILES string of the molecule is CCC(Sc1cccc(NC(=O)c2ccc3ccccc3c2)c1)C(=O)Nc1cc(Cl)c(OC)cc1OC. The van der Waals surface area contributed by atoms with Crippen molar-refractivity contribution in [2.45, 2.75) is 23.5 Å². The molecule has 0 fully saturated rings. The number of carbonyl (C=O) groups excluding carboxylic acids is 2. The first kappa shape index (κ1) is 26.4. The number of halogens is 1. The minimum atomic E-state index is -0.378. The maximum atomic E-state index is 13.1. The van der Waals surface area contributed by atoms with E-state index in [0.717, 1.165) is 15.7 Å². The largest absolute Gasteiger partial charge is 0.495 e. The highest BCUT2D eigenvalue weighted by Gasteiger charge is 2.21. The second-order valence-corrected chi connectivity index (χ2v) is 9.92. The van der Waals surface area contributed by atoms with Gasteiger partial charge in [0.15, 0.2) is 0 Å². The fourth-order valence-electron chi connectivity index (χ4n) is 3.84. The molecule has 4 aromatic rings. The number of anilines is 2. The molecule has 0 aliphatic rings. The Hall–Kier alpha value is -3.68. The summed E-state index contributed by atoms with van der Waals surface area (Å²) in [5.41, 5.74) is 1.70. The topological polar surface area (TPSA) is 76.7 Å². The van der Waals surface area contributed by atoms with Crippen LogP contribution < -0.4 is 20.1 Å². The summed E-state index contributed by atoms with van der Waals surface area (Å²) >= 11 is 7.66. The summed E-state index contributed by atoms with van der Waals surface area (Å²) in [6.07, 6.45) is 0.594. The van der Waals surface area contributed by atoms with E-state index in [9.17, 15) is 9.59 Å². The minimum Gasteiger partial charge on any atom is -0.495 e. The van der Waals surface area contributed by atoms with Crippen molar-refractivity contribution >= 4 is 57.3 Å². The van der Waals surface area contributed by atoms with Gasteiger partial charge in [-0.25, -0.2) is 0 Å². The van der Waals surface area contributed by atoms with Crippen molar-refractivity contribution in [1.82, 2.24) is 0 Å². The Morgan fingerprint density at radius 1 is 0.865 bits per heavy atom. The van der Waals surface area contributed by atoms with Crippen molar-refractivity contribution in [1.29, 1.82) is 0 Å². The molecular weight excluding hydrogens is 508 g/mol. The van der Waals surface area contributed by atoms with Crippen LogP contribution in [0.4, 0.5) is 11.4 Å². The van der Waals surface area contributed by atoms with Crippen LogP contribution >= 0.6 is 23.4 Å². The fourth-order valence-corrected chi connectivity index (χ4v) is 5.09. The van der Waals surface area contributed by atoms with Crippen LogP contribution in [0.5, 0.6) is 11.5 Å². The molecule has 0 aromatic heterocycles. The lowest BCUT2D eigenvalue weighted by molar-refractivity contribution is -0.115. The van der Waals surface area contributed by atoms with Gasteiger partial charge in [0.05, 0.1) is 30.2 Å². The average molecular weight is 535 g/mol. The van der Waals surface area contributed by atoms with Crippen LogP contribution in [-0.2, 0) is 4.79 Å². The fraction of sp³-hybridized carbons (Fsp3) is 0.172. The molecule has 0 radical (unpaired) electrons. The number of thioether (sulfide) groups is 1. The van der Waals surface area contributed by atoms with Crippen molar-refractivity contribution in [3.8, 4) is 11.5 Å². The lowest BCUT2D eigenvalue weighted by Crippen LogP contribution is -2.24. The number of fused-ring (bicyclic) bond motifs is 1. The van der Waals surface area contributed by atoms with Gasteiger partial charge in [0, 0.05) is 22.2 Å². The Balaban J connectivity index is 1.45. The quantitative estimate of drug-likeness (QED) is 0.221. The number of carbonyl (C=O) groups is 2. The van der Waals surface area contributed by atoms with E-state index in [1.54, 1.807) is 12.1 Å². The lowest BCUT2D eigenvalue weighted by atomic mass is 10.1. The van der Waals surface area contributed by atoms with Gasteiger partial charge in [0.2, 0.25) is 5.91 Å². The first-order valence-corrected chi connectivity index (χ1v) is 13.0. The first-order valence-electron chi connectivity index (χ1n) is 11.7. The number of amides is 2. The molecule has 2 amide bonds. The zero-order valence-corrected chi connectivity index (χ0v) is 22.3. The molecule has 6 nitrogen and oxygen atoms in total. The van der Waals surface area contributed by atoms with Gasteiger partial charge in [-0.15, -0.1) is 11.8 Å². The van der Waals surface area contributed by atoms with Gasteiger partial charge in [0.25, 0.3) is 5.91 Å². The van der Waals surface area contributed by atoms with Crippen LogP contribution in [0.15, 0.2) is 83.8 Å². The van der Waals surface area contributed by atoms with E-state index in [-0.39, 0.29) is 17.1 Å². The smallest absolute Gasteiger partial charge is 0.255 e. The molecule has 0 aliphatic heterocycles. The third kappa shape index (κ3) is 6.37. The number of ether oxygens (including phenoxy) is 2. The monoisotopic (exact) mass is 534 g/mol. The van der Waals surface area contributed by atoms with Gasteiger partial charge in [0.1, 0.15) is 11.5 Å². The van der Waals surface area contributed by atoms with E-state index in [1.807, 2.05) is 73.7 Å². The van der Waals surface area contributed by atoms with Gasteiger partial charge in [-0.3, -0.25) is 9.59 Å². The molecule has 190 valence electrons. The molecule has 2 N–H and O–H groups in total. The molecule has 4 aromatic carbocycles. The summed E-state index contributed by atoms with van der Waals surface area (Å²) in [6, 6.07) is 24.2. The Labute approximate surface area is 225 Å². The number of hydrogen-bond donors (Lipinski definition) is 2. The summed E-state index contributed by atoms with van der Waals surface area (Å²) in [6.45, 7) is 1.95. The number of benzene rings is 4. The summed E-state index contributed by atoms with van der Waals surface area (Å²) < 4.78 is 10.6. The summed E-state index contributed by atoms with van der Waals surface area (Å²) in [5, 5.41) is 7.95. The number of hydrogen-bond acceptors (Lipinski definition) is 5. The first-order chi connectivity index (χ1) is 17.9. The van der Waals surface area contributed by atoms with E-state index in [4.69, 9.17) is 21.1 Å². The van der Waals surface area contributed by atoms with Crippen molar-refractivity contribution in [2.24, 2.45) is 0 Å². The molecule has 0 saturated heterocycles. The maximum absolute atomic E-state index is 13.1. The number of methoxy groups -OCH3 is 2. The van der Waals surface area contributed by atoms with Crippen LogP contribution in [0, 0.1) is 0 Å². The highest BCUT2D eigenvalue weighted by atomic mass is 35.5. The van der Waals surface area contributed by atoms with E-state index in [1.165, 1.54) is 26.0 Å². The van der Waals surface area contributed by atoms with Crippen LogP contribution in [0.1, 0.15) is 23.7 Å². The summed E-state index contributed by atoms with van der Waals surface area (Å²) in [4.78, 5) is 26.8. The molecule has 0 aliphatic carbocycles. The normalized spacial score (nSPS) is 11.6. The molecule has 0 heterocycles. The van der Waals surface area contributed by atoms with E-state index < -0.39 is 0 Å². The molecule has 0 saturated carbocycles. The lowest BCUT2D eigenvalue weighted by Gasteiger charge is -2.18. The minimum absolute atomic E-state index is 0.183. The van der Waals surface area contributed by atoms with Crippen molar-refractivity contribution in [3.05, 3.63) is 89.4 Å². The summed E-state index contributed by atoms with van der Waals surface area (Å²) in [7, 11) is 3.03. The zero-order valence-electron chi connectivity index (χ0n) is 20.7. The van der Waals surface area contributed by atoms with E-state index in [0.29, 0.717) is 39.9 Å². The maximum Gasteiger partial charge on any atom is 0.255 e. The Bertz CT molecular complexity index is 1440. The predicted octanol–water partition coefficient (Wildman–Crippen LogP) is 7.27. The van der Waals surface area contributed by atoms with Crippen molar-refractivity contribution < 1.29 is 19.1 Å². The molecule has 1 atom stereocenters. The Kier molecular flexibility index (Phi) is 8.58. The zero-order chi connectivity index (χ0) is 26.4. The molecule has 8 heteroatoms. The Morgan fingerprint density at radius 2 is 1.62 bits per heavy atom. The van der Waals surface area contributed by atoms with E-state index in [2.05, 4.69) is 10.6 Å². The van der Waals surface area contributed by atoms with Gasteiger partial charge in [-0.05, 0) is 53.6 Å². The molecule has 0 bridgehead atoms. The van der Waals surface area contributed by atoms with Crippen molar-refractivity contribution in [2.75, 3.05) is 24.9 Å². The standard InChI is InChI=1S/C29H27ClN2O4S/c1-4-27(29(34)32-24-16-23(30)25(35-2)17-26(24)36-3)37-22-11-7-10-21(15-22)31-28(33)20-13-12-18-8-5-6-9-19(18)14-20/h5-17,27H,4H2,1-3H3,(H,31,33)(H,32,34). The van der Waals surface area contributed by atoms with E-state index >= 15 is 0 Å². The van der Waals surface area contributed by atoms with Crippen LogP contribution in [0.3, 0.4) is 0 Å². The molecule has 0 spiro atoms. The average Bonchev–Trinajstić information content (AvgIpc) is 2.91. The summed E-state index contributed by atoms with van der Waals surface area (Å²) in [5.74, 6) is 0.534. The number of nitrogens with one attached hydrogen (secondary N) is 2. The third-order valence-corrected chi connectivity index (χ3v) is 7.43. The molecule has 1 unspecified atom stereocenters. The Morgan fingerprint density at radius 3 is 2.35 bits per heavy atom. The van der Waals surface area contributed by atoms with Gasteiger partial charge < -0.3 is 20.1 Å². The second-order valence-electron chi connectivity index (χ2n) is 8.23. The predicted molar refractivity (Wildman–Crippen MR) is 151 cm³/mol. The van der Waals surface area contributed by atoms with Crippen LogP contribution in [-0.4, -0.2) is 31.3 Å².